The molecule has 0 aliphatic carbocycles. The van der Waals surface area contributed by atoms with E-state index in [1.807, 2.05) is 24.3 Å². The van der Waals surface area contributed by atoms with E-state index < -0.39 is 11.9 Å². The molecule has 1 unspecified atom stereocenters. The molecule has 26 heavy (non-hydrogen) atoms. The first-order valence-corrected chi connectivity index (χ1v) is 7.91. The number of H-pyrrole nitrogens is 1. The Bertz CT molecular complexity index is 902. The van der Waals surface area contributed by atoms with Crippen LogP contribution in [0.5, 0.6) is 5.75 Å². The van der Waals surface area contributed by atoms with Crippen molar-refractivity contribution in [2.24, 2.45) is 0 Å². The SMILES string of the molecule is COc1ccccc1-c1cc(NC(=O)C(C)NC(=O)c2ccoc2)n[nH]1. The van der Waals surface area contributed by atoms with Crippen LogP contribution in [-0.4, -0.2) is 35.2 Å². The van der Waals surface area contributed by atoms with Crippen molar-refractivity contribution in [1.29, 1.82) is 0 Å². The number of rotatable bonds is 6. The zero-order valence-electron chi connectivity index (χ0n) is 14.3. The Labute approximate surface area is 149 Å². The molecule has 1 aromatic carbocycles. The number of aromatic nitrogens is 2. The number of amides is 2. The van der Waals surface area contributed by atoms with Crippen LogP contribution in [0.4, 0.5) is 5.82 Å². The number of nitrogens with one attached hydrogen (secondary N) is 3. The van der Waals surface area contributed by atoms with Crippen LogP contribution in [0.1, 0.15) is 17.3 Å². The van der Waals surface area contributed by atoms with E-state index in [1.165, 1.54) is 18.6 Å². The van der Waals surface area contributed by atoms with Crippen LogP contribution < -0.4 is 15.4 Å². The predicted molar refractivity (Wildman–Crippen MR) is 94.8 cm³/mol. The summed E-state index contributed by atoms with van der Waals surface area (Å²) < 4.78 is 10.2. The van der Waals surface area contributed by atoms with Gasteiger partial charge in [0.1, 0.15) is 18.1 Å². The van der Waals surface area contributed by atoms with Crippen molar-refractivity contribution in [3.8, 4) is 17.0 Å². The largest absolute Gasteiger partial charge is 0.496 e. The Hall–Kier alpha value is -3.55. The average Bonchev–Trinajstić information content (AvgIpc) is 3.33. The summed E-state index contributed by atoms with van der Waals surface area (Å²) in [6.45, 7) is 1.58. The molecular formula is C18H18N4O4. The van der Waals surface area contributed by atoms with E-state index in [-0.39, 0.29) is 5.91 Å². The van der Waals surface area contributed by atoms with E-state index in [0.717, 1.165) is 5.56 Å². The first-order valence-electron chi connectivity index (χ1n) is 7.91. The third kappa shape index (κ3) is 3.75. The summed E-state index contributed by atoms with van der Waals surface area (Å²) in [5, 5.41) is 12.2. The average molecular weight is 354 g/mol. The van der Waals surface area contributed by atoms with Crippen molar-refractivity contribution in [3.05, 3.63) is 54.5 Å². The molecule has 134 valence electrons. The highest BCUT2D eigenvalue weighted by Crippen LogP contribution is 2.29. The van der Waals surface area contributed by atoms with Crippen LogP contribution in [0.25, 0.3) is 11.3 Å². The molecule has 0 spiro atoms. The van der Waals surface area contributed by atoms with Crippen molar-refractivity contribution in [2.45, 2.75) is 13.0 Å². The Morgan fingerprint density at radius 2 is 2.08 bits per heavy atom. The Morgan fingerprint density at radius 1 is 1.27 bits per heavy atom. The quantitative estimate of drug-likeness (QED) is 0.630. The molecule has 0 aliphatic heterocycles. The van der Waals surface area contributed by atoms with Crippen molar-refractivity contribution >= 4 is 17.6 Å². The summed E-state index contributed by atoms with van der Waals surface area (Å²) in [5.41, 5.74) is 1.88. The molecule has 3 N–H and O–H groups in total. The fourth-order valence-corrected chi connectivity index (χ4v) is 2.36. The topological polar surface area (TPSA) is 109 Å². The fourth-order valence-electron chi connectivity index (χ4n) is 2.36. The maximum absolute atomic E-state index is 12.3. The van der Waals surface area contributed by atoms with Gasteiger partial charge in [-0.25, -0.2) is 0 Å². The van der Waals surface area contributed by atoms with Gasteiger partial charge in [-0.3, -0.25) is 14.7 Å². The van der Waals surface area contributed by atoms with E-state index in [1.54, 1.807) is 20.1 Å². The second kappa shape index (κ2) is 7.56. The normalized spacial score (nSPS) is 11.6. The summed E-state index contributed by atoms with van der Waals surface area (Å²) in [6.07, 6.45) is 2.70. The number of hydrogen-bond acceptors (Lipinski definition) is 5. The van der Waals surface area contributed by atoms with E-state index in [4.69, 9.17) is 9.15 Å². The predicted octanol–water partition coefficient (Wildman–Crippen LogP) is 2.44. The Balaban J connectivity index is 1.65. The summed E-state index contributed by atoms with van der Waals surface area (Å²) in [6, 6.07) is 9.93. The van der Waals surface area contributed by atoms with Crippen LogP contribution in [0, 0.1) is 0 Å². The van der Waals surface area contributed by atoms with Crippen LogP contribution in [-0.2, 0) is 4.79 Å². The molecule has 1 atom stereocenters. The monoisotopic (exact) mass is 354 g/mol. The zero-order chi connectivity index (χ0) is 18.5. The lowest BCUT2D eigenvalue weighted by atomic mass is 10.1. The molecule has 3 rings (SSSR count). The van der Waals surface area contributed by atoms with Crippen LogP contribution in [0.3, 0.4) is 0 Å². The van der Waals surface area contributed by atoms with Gasteiger partial charge in [-0.2, -0.15) is 5.10 Å². The van der Waals surface area contributed by atoms with Crippen LogP contribution in [0.15, 0.2) is 53.3 Å². The first-order chi connectivity index (χ1) is 12.6. The third-order valence-electron chi connectivity index (χ3n) is 3.75. The summed E-state index contributed by atoms with van der Waals surface area (Å²) >= 11 is 0. The number of para-hydroxylation sites is 1. The number of carbonyl (C=O) groups excluding carboxylic acids is 2. The second-order valence-corrected chi connectivity index (χ2v) is 5.56. The number of benzene rings is 1. The van der Waals surface area contributed by atoms with Gasteiger partial charge in [0.2, 0.25) is 5.91 Å². The zero-order valence-corrected chi connectivity index (χ0v) is 14.3. The summed E-state index contributed by atoms with van der Waals surface area (Å²) in [4.78, 5) is 24.2. The van der Waals surface area contributed by atoms with Gasteiger partial charge < -0.3 is 19.8 Å². The van der Waals surface area contributed by atoms with E-state index >= 15 is 0 Å². The number of hydrogen-bond donors (Lipinski definition) is 3. The van der Waals surface area contributed by atoms with Crippen molar-refractivity contribution < 1.29 is 18.7 Å². The minimum Gasteiger partial charge on any atom is -0.496 e. The minimum atomic E-state index is -0.746. The molecule has 0 saturated carbocycles. The molecule has 2 aromatic heterocycles. The molecule has 8 nitrogen and oxygen atoms in total. The van der Waals surface area contributed by atoms with E-state index in [0.29, 0.717) is 22.8 Å². The second-order valence-electron chi connectivity index (χ2n) is 5.56. The van der Waals surface area contributed by atoms with Gasteiger partial charge in [-0.15, -0.1) is 0 Å². The lowest BCUT2D eigenvalue weighted by Gasteiger charge is -2.12. The van der Waals surface area contributed by atoms with Crippen molar-refractivity contribution in [1.82, 2.24) is 15.5 Å². The smallest absolute Gasteiger partial charge is 0.255 e. The first kappa shape index (κ1) is 17.3. The maximum atomic E-state index is 12.3. The van der Waals surface area contributed by atoms with Gasteiger partial charge in [-0.1, -0.05) is 12.1 Å². The number of aromatic amines is 1. The molecule has 0 saturated heterocycles. The van der Waals surface area contributed by atoms with Gasteiger partial charge in [-0.05, 0) is 25.1 Å². The molecule has 2 amide bonds. The van der Waals surface area contributed by atoms with Crippen molar-refractivity contribution in [2.75, 3.05) is 12.4 Å². The number of ether oxygens (including phenoxy) is 1. The van der Waals surface area contributed by atoms with Gasteiger partial charge in [0.25, 0.3) is 5.91 Å². The molecule has 0 radical (unpaired) electrons. The summed E-state index contributed by atoms with van der Waals surface area (Å²) in [7, 11) is 1.59. The lowest BCUT2D eigenvalue weighted by Crippen LogP contribution is -2.41. The van der Waals surface area contributed by atoms with Gasteiger partial charge in [0, 0.05) is 11.6 Å². The van der Waals surface area contributed by atoms with Gasteiger partial charge in [0.15, 0.2) is 5.82 Å². The molecule has 0 fully saturated rings. The van der Waals surface area contributed by atoms with Crippen LogP contribution >= 0.6 is 0 Å². The highest BCUT2D eigenvalue weighted by Gasteiger charge is 2.18. The fraction of sp³-hybridized carbons (Fsp3) is 0.167. The van der Waals surface area contributed by atoms with Gasteiger partial charge >= 0.3 is 0 Å². The Morgan fingerprint density at radius 3 is 2.81 bits per heavy atom. The number of carbonyl (C=O) groups is 2. The summed E-state index contributed by atoms with van der Waals surface area (Å²) in [5.74, 6) is 0.258. The highest BCUT2D eigenvalue weighted by atomic mass is 16.5. The number of nitrogens with zero attached hydrogens (tertiary/aromatic N) is 1. The molecule has 3 aromatic rings. The molecule has 0 aliphatic rings. The molecule has 0 bridgehead atoms. The molecule has 2 heterocycles. The molecule has 8 heteroatoms. The molecular weight excluding hydrogens is 336 g/mol. The number of furan rings is 1. The number of anilines is 1. The van der Waals surface area contributed by atoms with Gasteiger partial charge in [0.05, 0.1) is 24.6 Å². The number of methoxy groups -OCH3 is 1. The highest BCUT2D eigenvalue weighted by molar-refractivity contribution is 6.00. The third-order valence-corrected chi connectivity index (χ3v) is 3.75. The van der Waals surface area contributed by atoms with Crippen LogP contribution in [0.2, 0.25) is 0 Å². The van der Waals surface area contributed by atoms with E-state index in [2.05, 4.69) is 20.8 Å². The van der Waals surface area contributed by atoms with E-state index in [9.17, 15) is 9.59 Å². The minimum absolute atomic E-state index is 0.348. The Kier molecular flexibility index (Phi) is 5.02. The maximum Gasteiger partial charge on any atom is 0.255 e. The standard InChI is InChI=1S/C18H18N4O4/c1-11(19-18(24)12-7-8-26-10-12)17(23)20-16-9-14(21-22-16)13-5-3-4-6-15(13)25-2/h3-11H,1-2H3,(H,19,24)(H2,20,21,22,23). The lowest BCUT2D eigenvalue weighted by molar-refractivity contribution is -0.117. The van der Waals surface area contributed by atoms with Crippen molar-refractivity contribution in [3.63, 3.8) is 0 Å².